The Morgan fingerprint density at radius 2 is 2.20 bits per heavy atom. The first-order valence-electron chi connectivity index (χ1n) is 3.39. The van der Waals surface area contributed by atoms with Gasteiger partial charge in [0.2, 0.25) is 0 Å². The van der Waals surface area contributed by atoms with Crippen molar-refractivity contribution in [3.8, 4) is 0 Å². The van der Waals surface area contributed by atoms with Crippen LogP contribution in [0, 0.1) is 0 Å². The van der Waals surface area contributed by atoms with Crippen LogP contribution in [0.15, 0.2) is 16.6 Å². The SMILES string of the molecule is C/C=C(\C=N/CC)C(C)=O. The molecule has 56 valence electrons. The Balaban J connectivity index is 4.12. The number of carbonyl (C=O) groups excluding carboxylic acids is 1. The molecule has 10 heavy (non-hydrogen) atoms. The summed E-state index contributed by atoms with van der Waals surface area (Å²) in [6.07, 6.45) is 3.38. The van der Waals surface area contributed by atoms with Crippen LogP contribution in [0.1, 0.15) is 20.8 Å². The van der Waals surface area contributed by atoms with Gasteiger partial charge in [-0.15, -0.1) is 0 Å². The maximum absolute atomic E-state index is 10.7. The lowest BCUT2D eigenvalue weighted by molar-refractivity contribution is -0.113. The topological polar surface area (TPSA) is 29.4 Å². The highest BCUT2D eigenvalue weighted by Gasteiger charge is 1.95. The highest BCUT2D eigenvalue weighted by Crippen LogP contribution is 1.90. The van der Waals surface area contributed by atoms with Crippen molar-refractivity contribution in [3.63, 3.8) is 0 Å². The van der Waals surface area contributed by atoms with Crippen molar-refractivity contribution in [2.24, 2.45) is 4.99 Å². The van der Waals surface area contributed by atoms with Gasteiger partial charge in [-0.25, -0.2) is 0 Å². The van der Waals surface area contributed by atoms with Crippen molar-refractivity contribution in [1.29, 1.82) is 0 Å². The number of rotatable bonds is 3. The molecule has 0 saturated carbocycles. The van der Waals surface area contributed by atoms with E-state index in [0.717, 1.165) is 6.54 Å². The van der Waals surface area contributed by atoms with E-state index in [2.05, 4.69) is 4.99 Å². The standard InChI is InChI=1S/C8H13NO/c1-4-8(7(3)10)6-9-5-2/h4,6H,5H2,1-3H3/b8-4+,9-6-. The Kier molecular flexibility index (Phi) is 4.46. The normalized spacial score (nSPS) is 12.5. The lowest BCUT2D eigenvalue weighted by atomic mass is 10.2. The van der Waals surface area contributed by atoms with Gasteiger partial charge in [-0.05, 0) is 20.8 Å². The first kappa shape index (κ1) is 9.08. The lowest BCUT2D eigenvalue weighted by Crippen LogP contribution is -1.97. The molecule has 0 aliphatic heterocycles. The Morgan fingerprint density at radius 3 is 2.50 bits per heavy atom. The van der Waals surface area contributed by atoms with Gasteiger partial charge in [0.25, 0.3) is 0 Å². The predicted molar refractivity (Wildman–Crippen MR) is 43.5 cm³/mol. The summed E-state index contributed by atoms with van der Waals surface area (Å²) in [5, 5.41) is 0. The van der Waals surface area contributed by atoms with E-state index >= 15 is 0 Å². The van der Waals surface area contributed by atoms with Crippen molar-refractivity contribution < 1.29 is 4.79 Å². The lowest BCUT2D eigenvalue weighted by Gasteiger charge is -1.90. The smallest absolute Gasteiger partial charge is 0.160 e. The minimum atomic E-state index is 0.0692. The van der Waals surface area contributed by atoms with E-state index in [9.17, 15) is 4.79 Å². The second kappa shape index (κ2) is 4.91. The molecule has 0 atom stereocenters. The van der Waals surface area contributed by atoms with Gasteiger partial charge in [-0.1, -0.05) is 6.08 Å². The number of aliphatic imine (C=N–C) groups is 1. The van der Waals surface area contributed by atoms with E-state index in [4.69, 9.17) is 0 Å². The Labute approximate surface area is 61.7 Å². The van der Waals surface area contributed by atoms with E-state index in [1.54, 1.807) is 12.3 Å². The molecule has 0 aromatic carbocycles. The number of Topliss-reactive ketones (excluding diaryl/α,β-unsaturated/α-hetero) is 1. The predicted octanol–water partition coefficient (Wildman–Crippen LogP) is 1.61. The van der Waals surface area contributed by atoms with Crippen molar-refractivity contribution in [2.45, 2.75) is 20.8 Å². The maximum Gasteiger partial charge on any atom is 0.160 e. The Bertz CT molecular complexity index is 168. The molecular formula is C8H13NO. The summed E-state index contributed by atoms with van der Waals surface area (Å²) in [6, 6.07) is 0. The van der Waals surface area contributed by atoms with Gasteiger partial charge in [0, 0.05) is 18.3 Å². The van der Waals surface area contributed by atoms with Gasteiger partial charge in [-0.3, -0.25) is 9.79 Å². The summed E-state index contributed by atoms with van der Waals surface area (Å²) in [5.74, 6) is 0.0692. The molecule has 2 nitrogen and oxygen atoms in total. The molecule has 0 spiro atoms. The van der Waals surface area contributed by atoms with E-state index in [0.29, 0.717) is 5.57 Å². The number of hydrogen-bond acceptors (Lipinski definition) is 2. The number of allylic oxidation sites excluding steroid dienone is 2. The molecule has 0 bridgehead atoms. The minimum Gasteiger partial charge on any atom is -0.294 e. The monoisotopic (exact) mass is 139 g/mol. The first-order chi connectivity index (χ1) is 4.72. The number of ketones is 1. The minimum absolute atomic E-state index is 0.0692. The molecule has 0 unspecified atom stereocenters. The van der Waals surface area contributed by atoms with Gasteiger partial charge in [0.1, 0.15) is 0 Å². The van der Waals surface area contributed by atoms with Crippen LogP contribution in [0.25, 0.3) is 0 Å². The summed E-state index contributed by atoms with van der Waals surface area (Å²) in [5.41, 5.74) is 0.682. The van der Waals surface area contributed by atoms with Gasteiger partial charge in [-0.2, -0.15) is 0 Å². The quantitative estimate of drug-likeness (QED) is 0.431. The van der Waals surface area contributed by atoms with E-state index < -0.39 is 0 Å². The van der Waals surface area contributed by atoms with Crippen molar-refractivity contribution >= 4 is 12.0 Å². The van der Waals surface area contributed by atoms with Crippen molar-refractivity contribution in [1.82, 2.24) is 0 Å². The van der Waals surface area contributed by atoms with E-state index in [1.807, 2.05) is 13.8 Å². The summed E-state index contributed by atoms with van der Waals surface area (Å²) in [4.78, 5) is 14.7. The van der Waals surface area contributed by atoms with Crippen LogP contribution in [0.3, 0.4) is 0 Å². The van der Waals surface area contributed by atoms with Gasteiger partial charge in [0.05, 0.1) is 0 Å². The largest absolute Gasteiger partial charge is 0.294 e. The molecule has 0 N–H and O–H groups in total. The first-order valence-corrected chi connectivity index (χ1v) is 3.39. The van der Waals surface area contributed by atoms with Crippen molar-refractivity contribution in [3.05, 3.63) is 11.6 Å². The van der Waals surface area contributed by atoms with Crippen LogP contribution in [0.5, 0.6) is 0 Å². The molecule has 0 aromatic rings. The summed E-state index contributed by atoms with van der Waals surface area (Å²) in [7, 11) is 0. The third-order valence-electron chi connectivity index (χ3n) is 1.13. The van der Waals surface area contributed by atoms with Crippen LogP contribution in [0.4, 0.5) is 0 Å². The Morgan fingerprint density at radius 1 is 1.60 bits per heavy atom. The molecule has 0 amide bonds. The fraction of sp³-hybridized carbons (Fsp3) is 0.500. The van der Waals surface area contributed by atoms with Gasteiger partial charge in [0.15, 0.2) is 5.78 Å². The molecule has 0 aliphatic carbocycles. The summed E-state index contributed by atoms with van der Waals surface area (Å²) < 4.78 is 0. The second-order valence-corrected chi connectivity index (χ2v) is 1.93. The van der Waals surface area contributed by atoms with Crippen LogP contribution >= 0.6 is 0 Å². The number of nitrogens with zero attached hydrogens (tertiary/aromatic N) is 1. The van der Waals surface area contributed by atoms with Crippen LogP contribution < -0.4 is 0 Å². The zero-order valence-corrected chi connectivity index (χ0v) is 6.72. The molecule has 0 saturated heterocycles. The fourth-order valence-corrected chi connectivity index (χ4v) is 0.558. The molecule has 0 aromatic heterocycles. The summed E-state index contributed by atoms with van der Waals surface area (Å²) in [6.45, 7) is 6.03. The second-order valence-electron chi connectivity index (χ2n) is 1.93. The average molecular weight is 139 g/mol. The molecule has 0 heterocycles. The number of carbonyl (C=O) groups is 1. The summed E-state index contributed by atoms with van der Waals surface area (Å²) >= 11 is 0. The molecule has 0 aliphatic rings. The third kappa shape index (κ3) is 3.17. The van der Waals surface area contributed by atoms with Crippen LogP contribution in [-0.4, -0.2) is 18.5 Å². The Hall–Kier alpha value is -0.920. The van der Waals surface area contributed by atoms with E-state index in [1.165, 1.54) is 6.92 Å². The molecular weight excluding hydrogens is 126 g/mol. The zero-order valence-electron chi connectivity index (χ0n) is 6.72. The fourth-order valence-electron chi connectivity index (χ4n) is 0.558. The molecule has 0 rings (SSSR count). The third-order valence-corrected chi connectivity index (χ3v) is 1.13. The highest BCUT2D eigenvalue weighted by atomic mass is 16.1. The van der Waals surface area contributed by atoms with Gasteiger partial charge < -0.3 is 0 Å². The number of hydrogen-bond donors (Lipinski definition) is 0. The molecule has 0 radical (unpaired) electrons. The van der Waals surface area contributed by atoms with Crippen molar-refractivity contribution in [2.75, 3.05) is 6.54 Å². The molecule has 2 heteroatoms. The van der Waals surface area contributed by atoms with Crippen LogP contribution in [0.2, 0.25) is 0 Å². The average Bonchev–Trinajstić information content (AvgIpc) is 1.89. The van der Waals surface area contributed by atoms with E-state index in [-0.39, 0.29) is 5.78 Å². The molecule has 0 fully saturated rings. The maximum atomic E-state index is 10.7. The van der Waals surface area contributed by atoms with Crippen LogP contribution in [-0.2, 0) is 4.79 Å². The highest BCUT2D eigenvalue weighted by molar-refractivity contribution is 6.11. The zero-order chi connectivity index (χ0) is 7.98. The van der Waals surface area contributed by atoms with Gasteiger partial charge >= 0.3 is 0 Å².